The summed E-state index contributed by atoms with van der Waals surface area (Å²) in [6.45, 7) is 5.44. The minimum absolute atomic E-state index is 0.338. The van der Waals surface area contributed by atoms with Gasteiger partial charge < -0.3 is 14.8 Å². The molecule has 112 valence electrons. The Morgan fingerprint density at radius 3 is 2.76 bits per heavy atom. The minimum Gasteiger partial charge on any atom is -0.494 e. The molecule has 0 amide bonds. The Bertz CT molecular complexity index is 593. The largest absolute Gasteiger partial charge is 0.494 e. The molecule has 0 spiro atoms. The van der Waals surface area contributed by atoms with Crippen LogP contribution in [0.25, 0.3) is 0 Å². The molecule has 2 rings (SSSR count). The van der Waals surface area contributed by atoms with Gasteiger partial charge in [0.1, 0.15) is 23.3 Å². The zero-order valence-corrected chi connectivity index (χ0v) is 12.9. The molecule has 6 heteroatoms. The first-order valence-corrected chi connectivity index (χ1v) is 7.20. The van der Waals surface area contributed by atoms with Crippen molar-refractivity contribution in [1.29, 1.82) is 0 Å². The number of aromatic nitrogens is 2. The number of hydrogen-bond donors (Lipinski definition) is 1. The minimum atomic E-state index is 0.338. The van der Waals surface area contributed by atoms with Crippen molar-refractivity contribution >= 4 is 23.1 Å². The summed E-state index contributed by atoms with van der Waals surface area (Å²) in [5.74, 6) is 1.98. The van der Waals surface area contributed by atoms with E-state index in [9.17, 15) is 0 Å². The number of benzene rings is 1. The highest BCUT2D eigenvalue weighted by molar-refractivity contribution is 6.29. The molecule has 1 aromatic heterocycles. The third-order valence-electron chi connectivity index (χ3n) is 2.59. The van der Waals surface area contributed by atoms with Crippen LogP contribution in [-0.4, -0.2) is 23.2 Å². The molecule has 0 aliphatic carbocycles. The zero-order chi connectivity index (χ0) is 15.1. The molecular weight excluding hydrogens is 290 g/mol. The van der Waals surface area contributed by atoms with Crippen molar-refractivity contribution in [1.82, 2.24) is 9.97 Å². The molecule has 0 saturated heterocycles. The molecule has 0 saturated carbocycles. The number of hydrogen-bond acceptors (Lipinski definition) is 5. The smallest absolute Gasteiger partial charge is 0.158 e. The first kappa shape index (κ1) is 15.5. The number of nitrogens with one attached hydrogen (secondary N) is 1. The summed E-state index contributed by atoms with van der Waals surface area (Å²) in [6, 6.07) is 9.33. The monoisotopic (exact) mass is 307 g/mol. The maximum absolute atomic E-state index is 6.00. The highest BCUT2D eigenvalue weighted by Gasteiger charge is 2.05. The van der Waals surface area contributed by atoms with E-state index in [-0.39, 0.29) is 0 Å². The molecule has 0 fully saturated rings. The van der Waals surface area contributed by atoms with E-state index < -0.39 is 0 Å². The molecule has 1 N–H and O–H groups in total. The van der Waals surface area contributed by atoms with Crippen molar-refractivity contribution < 1.29 is 9.47 Å². The summed E-state index contributed by atoms with van der Waals surface area (Å²) < 4.78 is 10.8. The average molecular weight is 308 g/mol. The molecule has 0 aliphatic rings. The summed E-state index contributed by atoms with van der Waals surface area (Å²) in [6.07, 6.45) is 0. The topological polar surface area (TPSA) is 56.3 Å². The standard InChI is InChI=1S/C15H18ClN3O2/c1-3-20-10-15-18-13(16)9-14(19-15)17-11-6-5-7-12(8-11)21-4-2/h5-9H,3-4,10H2,1-2H3,(H,17,18,19). The molecule has 21 heavy (non-hydrogen) atoms. The zero-order valence-electron chi connectivity index (χ0n) is 12.1. The van der Waals surface area contributed by atoms with E-state index in [0.717, 1.165) is 11.4 Å². The van der Waals surface area contributed by atoms with Crippen molar-refractivity contribution in [3.05, 3.63) is 41.3 Å². The van der Waals surface area contributed by atoms with E-state index in [1.165, 1.54) is 0 Å². The molecule has 0 atom stereocenters. The van der Waals surface area contributed by atoms with Crippen LogP contribution >= 0.6 is 11.6 Å². The van der Waals surface area contributed by atoms with Gasteiger partial charge in [0.25, 0.3) is 0 Å². The SMILES string of the molecule is CCOCc1nc(Cl)cc(Nc2cccc(OCC)c2)n1. The normalized spacial score (nSPS) is 10.4. The molecule has 1 heterocycles. The van der Waals surface area contributed by atoms with Crippen molar-refractivity contribution in [2.75, 3.05) is 18.5 Å². The van der Waals surface area contributed by atoms with Gasteiger partial charge in [-0.25, -0.2) is 9.97 Å². The average Bonchev–Trinajstić information content (AvgIpc) is 2.45. The fourth-order valence-electron chi connectivity index (χ4n) is 1.76. The first-order valence-electron chi connectivity index (χ1n) is 6.82. The Balaban J connectivity index is 2.14. The number of anilines is 2. The van der Waals surface area contributed by atoms with E-state index in [1.807, 2.05) is 38.1 Å². The third-order valence-corrected chi connectivity index (χ3v) is 2.79. The third kappa shape index (κ3) is 4.88. The van der Waals surface area contributed by atoms with Crippen LogP contribution in [-0.2, 0) is 11.3 Å². The number of halogens is 1. The van der Waals surface area contributed by atoms with E-state index in [4.69, 9.17) is 21.1 Å². The number of ether oxygens (including phenoxy) is 2. The van der Waals surface area contributed by atoms with Gasteiger partial charge in [-0.15, -0.1) is 0 Å². The van der Waals surface area contributed by atoms with Gasteiger partial charge in [0.15, 0.2) is 5.82 Å². The first-order chi connectivity index (χ1) is 10.2. The highest BCUT2D eigenvalue weighted by Crippen LogP contribution is 2.22. The maximum atomic E-state index is 6.00. The van der Waals surface area contributed by atoms with Gasteiger partial charge in [-0.2, -0.15) is 0 Å². The van der Waals surface area contributed by atoms with E-state index in [2.05, 4.69) is 15.3 Å². The van der Waals surface area contributed by atoms with Gasteiger partial charge in [-0.3, -0.25) is 0 Å². The molecule has 0 bridgehead atoms. The quantitative estimate of drug-likeness (QED) is 0.788. The van der Waals surface area contributed by atoms with Crippen LogP contribution in [0.3, 0.4) is 0 Å². The maximum Gasteiger partial charge on any atom is 0.158 e. The Hall–Kier alpha value is -1.85. The molecule has 0 radical (unpaired) electrons. The summed E-state index contributed by atoms with van der Waals surface area (Å²) in [4.78, 5) is 8.49. The van der Waals surface area contributed by atoms with Gasteiger partial charge in [0.05, 0.1) is 6.61 Å². The van der Waals surface area contributed by atoms with E-state index >= 15 is 0 Å². The van der Waals surface area contributed by atoms with Crippen molar-refractivity contribution in [2.45, 2.75) is 20.5 Å². The second-order valence-corrected chi connectivity index (χ2v) is 4.60. The van der Waals surface area contributed by atoms with Crippen LogP contribution in [0.2, 0.25) is 5.15 Å². The van der Waals surface area contributed by atoms with E-state index in [0.29, 0.717) is 36.6 Å². The van der Waals surface area contributed by atoms with Crippen LogP contribution in [0.5, 0.6) is 5.75 Å². The second-order valence-electron chi connectivity index (χ2n) is 4.22. The van der Waals surface area contributed by atoms with Crippen LogP contribution in [0.15, 0.2) is 30.3 Å². The summed E-state index contributed by atoms with van der Waals surface area (Å²) in [5, 5.41) is 3.57. The van der Waals surface area contributed by atoms with Gasteiger partial charge in [0.2, 0.25) is 0 Å². The molecule has 1 aromatic carbocycles. The van der Waals surface area contributed by atoms with Crippen molar-refractivity contribution in [3.63, 3.8) is 0 Å². The fourth-order valence-corrected chi connectivity index (χ4v) is 1.97. The van der Waals surface area contributed by atoms with Gasteiger partial charge in [-0.05, 0) is 26.0 Å². The Kier molecular flexibility index (Phi) is 5.78. The van der Waals surface area contributed by atoms with Crippen LogP contribution in [0, 0.1) is 0 Å². The van der Waals surface area contributed by atoms with Gasteiger partial charge >= 0.3 is 0 Å². The summed E-state index contributed by atoms with van der Waals surface area (Å²) >= 11 is 6.00. The molecular formula is C15H18ClN3O2. The summed E-state index contributed by atoms with van der Waals surface area (Å²) in [7, 11) is 0. The predicted octanol–water partition coefficient (Wildman–Crippen LogP) is 3.81. The number of rotatable bonds is 7. The Morgan fingerprint density at radius 2 is 2.00 bits per heavy atom. The van der Waals surface area contributed by atoms with Crippen LogP contribution < -0.4 is 10.1 Å². The Labute approximate surface area is 129 Å². The fraction of sp³-hybridized carbons (Fsp3) is 0.333. The molecule has 0 aliphatic heterocycles. The van der Waals surface area contributed by atoms with Crippen LogP contribution in [0.1, 0.15) is 19.7 Å². The lowest BCUT2D eigenvalue weighted by Crippen LogP contribution is -2.03. The van der Waals surface area contributed by atoms with Crippen molar-refractivity contribution in [2.24, 2.45) is 0 Å². The van der Waals surface area contributed by atoms with E-state index in [1.54, 1.807) is 6.07 Å². The summed E-state index contributed by atoms with van der Waals surface area (Å²) in [5.41, 5.74) is 0.873. The lowest BCUT2D eigenvalue weighted by Gasteiger charge is -2.09. The highest BCUT2D eigenvalue weighted by atomic mass is 35.5. The van der Waals surface area contributed by atoms with Gasteiger partial charge in [0, 0.05) is 24.4 Å². The lowest BCUT2D eigenvalue weighted by atomic mass is 10.3. The van der Waals surface area contributed by atoms with Gasteiger partial charge in [-0.1, -0.05) is 17.7 Å². The molecule has 5 nitrogen and oxygen atoms in total. The van der Waals surface area contributed by atoms with Crippen molar-refractivity contribution in [3.8, 4) is 5.75 Å². The number of nitrogens with zero attached hydrogens (tertiary/aromatic N) is 2. The lowest BCUT2D eigenvalue weighted by molar-refractivity contribution is 0.128. The molecule has 0 unspecified atom stereocenters. The Morgan fingerprint density at radius 1 is 1.14 bits per heavy atom. The molecule has 2 aromatic rings. The predicted molar refractivity (Wildman–Crippen MR) is 83.3 cm³/mol. The van der Waals surface area contributed by atoms with Crippen LogP contribution in [0.4, 0.5) is 11.5 Å². The second kappa shape index (κ2) is 7.81.